The first-order valence-electron chi connectivity index (χ1n) is 5.32. The number of amides is 1. The van der Waals surface area contributed by atoms with Gasteiger partial charge in [0.15, 0.2) is 11.5 Å². The molecule has 0 radical (unpaired) electrons. The summed E-state index contributed by atoms with van der Waals surface area (Å²) in [7, 11) is 0. The van der Waals surface area contributed by atoms with Crippen LogP contribution < -0.4 is 5.32 Å². The van der Waals surface area contributed by atoms with Gasteiger partial charge in [-0.1, -0.05) is 0 Å². The number of hydrogen-bond donors (Lipinski definition) is 3. The zero-order valence-corrected chi connectivity index (χ0v) is 9.71. The first-order chi connectivity index (χ1) is 8.56. The number of carbonyl (C=O) groups excluding carboxylic acids is 1. The van der Waals surface area contributed by atoms with Crippen molar-refractivity contribution in [2.75, 3.05) is 5.32 Å². The molecule has 5 nitrogen and oxygen atoms in total. The largest absolute Gasteiger partial charge is 0.504 e. The van der Waals surface area contributed by atoms with Gasteiger partial charge < -0.3 is 15.5 Å². The lowest BCUT2D eigenvalue weighted by Crippen LogP contribution is -2.11. The minimum atomic E-state index is -0.365. The van der Waals surface area contributed by atoms with Crippen LogP contribution in [0.5, 0.6) is 11.5 Å². The molecule has 0 aliphatic rings. The van der Waals surface area contributed by atoms with Crippen LogP contribution in [0, 0.1) is 6.92 Å². The van der Waals surface area contributed by atoms with Crippen molar-refractivity contribution in [3.8, 4) is 11.5 Å². The third kappa shape index (κ3) is 2.57. The summed E-state index contributed by atoms with van der Waals surface area (Å²) in [6.45, 7) is 1.82. The van der Waals surface area contributed by atoms with Crippen LogP contribution in [0.25, 0.3) is 0 Å². The maximum Gasteiger partial charge on any atom is 0.255 e. The van der Waals surface area contributed by atoms with Gasteiger partial charge in [0.1, 0.15) is 0 Å². The molecule has 1 aromatic carbocycles. The van der Waals surface area contributed by atoms with E-state index >= 15 is 0 Å². The van der Waals surface area contributed by atoms with Crippen LogP contribution in [0.4, 0.5) is 5.69 Å². The molecular formula is C13H12N2O3. The van der Waals surface area contributed by atoms with Crippen LogP contribution >= 0.6 is 0 Å². The van der Waals surface area contributed by atoms with Crippen molar-refractivity contribution >= 4 is 11.6 Å². The van der Waals surface area contributed by atoms with Crippen LogP contribution in [0.3, 0.4) is 0 Å². The molecule has 92 valence electrons. The van der Waals surface area contributed by atoms with Gasteiger partial charge in [-0.25, -0.2) is 0 Å². The van der Waals surface area contributed by atoms with E-state index < -0.39 is 0 Å². The number of nitrogens with zero attached hydrogens (tertiary/aromatic N) is 1. The van der Waals surface area contributed by atoms with E-state index in [1.165, 1.54) is 18.2 Å². The highest BCUT2D eigenvalue weighted by atomic mass is 16.3. The molecule has 1 amide bonds. The topological polar surface area (TPSA) is 82.5 Å². The maximum atomic E-state index is 11.9. The standard InChI is InChI=1S/C13H12N2O3/c1-8-6-10(4-5-14-8)15-13(18)9-2-3-11(16)12(17)7-9/h2-7,16-17H,1H3,(H,14,15,18). The molecule has 1 aromatic heterocycles. The average Bonchev–Trinajstić information content (AvgIpc) is 2.32. The Balaban J connectivity index is 2.19. The van der Waals surface area contributed by atoms with E-state index in [1.54, 1.807) is 18.3 Å². The zero-order chi connectivity index (χ0) is 13.1. The summed E-state index contributed by atoms with van der Waals surface area (Å²) in [5, 5.41) is 21.2. The molecule has 0 saturated carbocycles. The van der Waals surface area contributed by atoms with Crippen LogP contribution in [0.1, 0.15) is 16.1 Å². The Morgan fingerprint density at radius 3 is 2.61 bits per heavy atom. The SMILES string of the molecule is Cc1cc(NC(=O)c2ccc(O)c(O)c2)ccn1. The van der Waals surface area contributed by atoms with Crippen LogP contribution in [0.15, 0.2) is 36.5 Å². The van der Waals surface area contributed by atoms with E-state index in [0.717, 1.165) is 5.69 Å². The highest BCUT2D eigenvalue weighted by Crippen LogP contribution is 2.25. The number of phenols is 2. The summed E-state index contributed by atoms with van der Waals surface area (Å²) in [4.78, 5) is 15.9. The quantitative estimate of drug-likeness (QED) is 0.706. The van der Waals surface area contributed by atoms with Crippen LogP contribution in [-0.2, 0) is 0 Å². The fourth-order valence-corrected chi connectivity index (χ4v) is 1.49. The second-order valence-corrected chi connectivity index (χ2v) is 3.84. The first kappa shape index (κ1) is 11.9. The van der Waals surface area contributed by atoms with Gasteiger partial charge in [-0.3, -0.25) is 9.78 Å². The van der Waals surface area contributed by atoms with E-state index in [2.05, 4.69) is 10.3 Å². The van der Waals surface area contributed by atoms with Crippen LogP contribution in [-0.4, -0.2) is 21.1 Å². The van der Waals surface area contributed by atoms with Crippen molar-refractivity contribution in [3.63, 3.8) is 0 Å². The number of rotatable bonds is 2. The smallest absolute Gasteiger partial charge is 0.255 e. The van der Waals surface area contributed by atoms with Gasteiger partial charge in [-0.2, -0.15) is 0 Å². The van der Waals surface area contributed by atoms with Crippen molar-refractivity contribution in [3.05, 3.63) is 47.8 Å². The Labute approximate surface area is 104 Å². The number of hydrogen-bond acceptors (Lipinski definition) is 4. The van der Waals surface area contributed by atoms with Crippen molar-refractivity contribution < 1.29 is 15.0 Å². The lowest BCUT2D eigenvalue weighted by molar-refractivity contribution is 0.102. The third-order valence-electron chi connectivity index (χ3n) is 2.39. The number of pyridine rings is 1. The Morgan fingerprint density at radius 2 is 1.94 bits per heavy atom. The molecule has 2 aromatic rings. The van der Waals surface area contributed by atoms with Gasteiger partial charge in [0.05, 0.1) is 0 Å². The fourth-order valence-electron chi connectivity index (χ4n) is 1.49. The molecular weight excluding hydrogens is 232 g/mol. The predicted octanol–water partition coefficient (Wildman–Crippen LogP) is 2.05. The summed E-state index contributed by atoms with van der Waals surface area (Å²) in [5.41, 5.74) is 1.68. The lowest BCUT2D eigenvalue weighted by atomic mass is 10.2. The molecule has 1 heterocycles. The first-order valence-corrected chi connectivity index (χ1v) is 5.32. The maximum absolute atomic E-state index is 11.9. The second-order valence-electron chi connectivity index (χ2n) is 3.84. The molecule has 3 N–H and O–H groups in total. The van der Waals surface area contributed by atoms with Crippen molar-refractivity contribution in [2.45, 2.75) is 6.92 Å². The van der Waals surface area contributed by atoms with E-state index in [-0.39, 0.29) is 23.0 Å². The Kier molecular flexibility index (Phi) is 3.14. The molecule has 0 atom stereocenters. The van der Waals surface area contributed by atoms with E-state index in [1.807, 2.05) is 6.92 Å². The van der Waals surface area contributed by atoms with E-state index in [4.69, 9.17) is 5.11 Å². The number of phenolic OH excluding ortho intramolecular Hbond substituents is 2. The number of carbonyl (C=O) groups is 1. The molecule has 0 fully saturated rings. The number of aromatic hydroxyl groups is 2. The molecule has 0 bridgehead atoms. The number of aryl methyl sites for hydroxylation is 1. The second kappa shape index (κ2) is 4.75. The van der Waals surface area contributed by atoms with Gasteiger partial charge in [0.25, 0.3) is 5.91 Å². The predicted molar refractivity (Wildman–Crippen MR) is 66.7 cm³/mol. The highest BCUT2D eigenvalue weighted by molar-refractivity contribution is 6.04. The summed E-state index contributed by atoms with van der Waals surface area (Å²) >= 11 is 0. The van der Waals surface area contributed by atoms with Crippen LogP contribution in [0.2, 0.25) is 0 Å². The molecule has 0 saturated heterocycles. The van der Waals surface area contributed by atoms with Crippen molar-refractivity contribution in [1.29, 1.82) is 0 Å². The normalized spacial score (nSPS) is 10.1. The number of anilines is 1. The number of nitrogens with one attached hydrogen (secondary N) is 1. The molecule has 5 heteroatoms. The Bertz CT molecular complexity index is 597. The summed E-state index contributed by atoms with van der Waals surface area (Å²) in [5.74, 6) is -0.948. The minimum Gasteiger partial charge on any atom is -0.504 e. The lowest BCUT2D eigenvalue weighted by Gasteiger charge is -2.06. The van der Waals surface area contributed by atoms with Crippen molar-refractivity contribution in [2.24, 2.45) is 0 Å². The molecule has 0 unspecified atom stereocenters. The number of aromatic nitrogens is 1. The van der Waals surface area contributed by atoms with Crippen molar-refractivity contribution in [1.82, 2.24) is 4.98 Å². The summed E-state index contributed by atoms with van der Waals surface area (Å²) in [6, 6.07) is 7.31. The summed E-state index contributed by atoms with van der Waals surface area (Å²) in [6.07, 6.45) is 1.60. The number of benzene rings is 1. The third-order valence-corrected chi connectivity index (χ3v) is 2.39. The summed E-state index contributed by atoms with van der Waals surface area (Å²) < 4.78 is 0. The molecule has 0 spiro atoms. The van der Waals surface area contributed by atoms with Gasteiger partial charge in [0.2, 0.25) is 0 Å². The van der Waals surface area contributed by atoms with E-state index in [9.17, 15) is 9.90 Å². The minimum absolute atomic E-state index is 0.258. The zero-order valence-electron chi connectivity index (χ0n) is 9.71. The van der Waals surface area contributed by atoms with Gasteiger partial charge in [0, 0.05) is 23.1 Å². The van der Waals surface area contributed by atoms with E-state index in [0.29, 0.717) is 5.69 Å². The van der Waals surface area contributed by atoms with Gasteiger partial charge in [-0.15, -0.1) is 0 Å². The fraction of sp³-hybridized carbons (Fsp3) is 0.0769. The average molecular weight is 244 g/mol. The molecule has 0 aliphatic carbocycles. The highest BCUT2D eigenvalue weighted by Gasteiger charge is 2.09. The molecule has 0 aliphatic heterocycles. The molecule has 2 rings (SSSR count). The monoisotopic (exact) mass is 244 g/mol. The van der Waals surface area contributed by atoms with Gasteiger partial charge in [-0.05, 0) is 37.3 Å². The molecule has 18 heavy (non-hydrogen) atoms. The Morgan fingerprint density at radius 1 is 1.17 bits per heavy atom. The van der Waals surface area contributed by atoms with Gasteiger partial charge >= 0.3 is 0 Å². The Hall–Kier alpha value is -2.56.